The second kappa shape index (κ2) is 18.0. The maximum atomic E-state index is 12.3. The van der Waals surface area contributed by atoms with E-state index < -0.39 is 67.4 Å². The number of aliphatic hydroxyl groups is 5. The van der Waals surface area contributed by atoms with Crippen LogP contribution in [-0.4, -0.2) is 106 Å². The fourth-order valence-electron chi connectivity index (χ4n) is 5.90. The lowest BCUT2D eigenvalue weighted by Gasteiger charge is -2.44. The lowest BCUT2D eigenvalue weighted by atomic mass is 9.99. The molecule has 0 unspecified atom stereocenters. The first-order valence-corrected chi connectivity index (χ1v) is 15.9. The van der Waals surface area contributed by atoms with Gasteiger partial charge in [-0.25, -0.2) is 0 Å². The van der Waals surface area contributed by atoms with Crippen molar-refractivity contribution in [1.29, 1.82) is 0 Å². The van der Waals surface area contributed by atoms with Gasteiger partial charge in [0.05, 0.1) is 6.61 Å². The summed E-state index contributed by atoms with van der Waals surface area (Å²) in [5.41, 5.74) is 0. The van der Waals surface area contributed by atoms with Crippen LogP contribution in [0.5, 0.6) is 0 Å². The fraction of sp³-hybridized carbons (Fsp3) is 0.967. The average Bonchev–Trinajstić information content (AvgIpc) is 3.46. The monoisotopic (exact) mass is 590 g/mol. The van der Waals surface area contributed by atoms with Gasteiger partial charge in [0.15, 0.2) is 6.29 Å². The van der Waals surface area contributed by atoms with E-state index in [0.29, 0.717) is 6.42 Å². The molecular formula is C30H54O11. The predicted octanol–water partition coefficient (Wildman–Crippen LogP) is 2.46. The largest absolute Gasteiger partial charge is 0.463 e. The highest BCUT2D eigenvalue weighted by molar-refractivity contribution is 5.69. The lowest BCUT2D eigenvalue weighted by molar-refractivity contribution is -0.396. The Balaban J connectivity index is 1.24. The Hall–Kier alpha value is -0.890. The van der Waals surface area contributed by atoms with E-state index in [1.54, 1.807) is 0 Å². The van der Waals surface area contributed by atoms with Gasteiger partial charge in [-0.3, -0.25) is 4.79 Å². The van der Waals surface area contributed by atoms with E-state index in [0.717, 1.165) is 12.8 Å². The molecule has 3 heterocycles. The van der Waals surface area contributed by atoms with Crippen LogP contribution in [0.2, 0.25) is 0 Å². The molecule has 0 aliphatic carbocycles. The first-order valence-electron chi connectivity index (χ1n) is 15.9. The lowest BCUT2D eigenvalue weighted by Crippen LogP contribution is -2.63. The van der Waals surface area contributed by atoms with Gasteiger partial charge in [0.2, 0.25) is 5.79 Å². The summed E-state index contributed by atoms with van der Waals surface area (Å²) >= 11 is 0. The Kier molecular flexibility index (Phi) is 15.2. The molecule has 0 radical (unpaired) electrons. The minimum atomic E-state index is -1.80. The van der Waals surface area contributed by atoms with Crippen LogP contribution >= 0.6 is 0 Å². The second-order valence-electron chi connectivity index (χ2n) is 11.9. The summed E-state index contributed by atoms with van der Waals surface area (Å²) in [6, 6.07) is 0. The van der Waals surface area contributed by atoms with Gasteiger partial charge in [-0.15, -0.1) is 0 Å². The topological polar surface area (TPSA) is 164 Å². The number of fused-ring (bicyclic) bond motifs is 2. The van der Waals surface area contributed by atoms with Crippen molar-refractivity contribution >= 4 is 5.97 Å². The van der Waals surface area contributed by atoms with Crippen molar-refractivity contribution in [3.05, 3.63) is 0 Å². The summed E-state index contributed by atoms with van der Waals surface area (Å²) in [6.45, 7) is 1.33. The number of carbonyl (C=O) groups excluding carboxylic acids is 1. The van der Waals surface area contributed by atoms with E-state index >= 15 is 0 Å². The van der Waals surface area contributed by atoms with Gasteiger partial charge < -0.3 is 49.2 Å². The fourth-order valence-corrected chi connectivity index (χ4v) is 5.90. The standard InChI is InChI=1S/C30H54O11/c1-2-3-4-5-6-7-8-9-10-11-12-13-14-15-16-17-23(32)37-18-21-24(33)26(35)27(36)29(39-21)41-30(20-31)28-25(34)22(40-30)19-38-28/h21-22,24-29,31,33-36H,2-20H2,1H3/t21-,22-,24-,25-,26+,27-,28+,29-,30+/m1/s1. The molecule has 0 aromatic rings. The van der Waals surface area contributed by atoms with E-state index in [1.807, 2.05) is 0 Å². The first kappa shape index (κ1) is 34.6. The van der Waals surface area contributed by atoms with Gasteiger partial charge in [0.25, 0.3) is 0 Å². The van der Waals surface area contributed by atoms with E-state index in [4.69, 9.17) is 23.7 Å². The Morgan fingerprint density at radius 3 is 1.83 bits per heavy atom. The predicted molar refractivity (Wildman–Crippen MR) is 149 cm³/mol. The van der Waals surface area contributed by atoms with Crippen LogP contribution in [0.15, 0.2) is 0 Å². The molecule has 0 spiro atoms. The molecule has 3 fully saturated rings. The van der Waals surface area contributed by atoms with Crippen molar-refractivity contribution in [2.75, 3.05) is 19.8 Å². The molecule has 0 amide bonds. The summed E-state index contributed by atoms with van der Waals surface area (Å²) in [7, 11) is 0. The van der Waals surface area contributed by atoms with Crippen LogP contribution in [-0.2, 0) is 28.5 Å². The molecular weight excluding hydrogens is 536 g/mol. The molecule has 3 aliphatic rings. The number of rotatable bonds is 21. The molecule has 240 valence electrons. The summed E-state index contributed by atoms with van der Waals surface area (Å²) in [5.74, 6) is -2.24. The summed E-state index contributed by atoms with van der Waals surface area (Å²) < 4.78 is 27.6. The average molecular weight is 591 g/mol. The zero-order valence-corrected chi connectivity index (χ0v) is 24.7. The molecule has 0 saturated carbocycles. The Labute approximate surface area is 244 Å². The van der Waals surface area contributed by atoms with Crippen LogP contribution in [0, 0.1) is 0 Å². The van der Waals surface area contributed by atoms with Gasteiger partial charge in [-0.2, -0.15) is 0 Å². The molecule has 41 heavy (non-hydrogen) atoms. The molecule has 11 nitrogen and oxygen atoms in total. The molecule has 3 saturated heterocycles. The van der Waals surface area contributed by atoms with Gasteiger partial charge in [0.1, 0.15) is 55.9 Å². The summed E-state index contributed by atoms with van der Waals surface area (Å²) in [6.07, 6.45) is 8.44. The number of ether oxygens (including phenoxy) is 5. The number of hydrogen-bond acceptors (Lipinski definition) is 11. The third-order valence-electron chi connectivity index (χ3n) is 8.51. The number of unbranched alkanes of at least 4 members (excludes halogenated alkanes) is 14. The van der Waals surface area contributed by atoms with Crippen molar-refractivity contribution in [2.24, 2.45) is 0 Å². The highest BCUT2D eigenvalue weighted by atomic mass is 16.8. The van der Waals surface area contributed by atoms with Crippen LogP contribution in [0.4, 0.5) is 0 Å². The van der Waals surface area contributed by atoms with Crippen molar-refractivity contribution in [2.45, 2.75) is 164 Å². The number of carbonyl (C=O) groups is 1. The molecule has 11 heteroatoms. The van der Waals surface area contributed by atoms with E-state index in [1.165, 1.54) is 77.0 Å². The Bertz CT molecular complexity index is 739. The molecule has 5 N–H and O–H groups in total. The van der Waals surface area contributed by atoms with Crippen molar-refractivity contribution < 1.29 is 54.0 Å². The normalized spacial score (nSPS) is 34.8. The van der Waals surface area contributed by atoms with Gasteiger partial charge in [0, 0.05) is 6.42 Å². The second-order valence-corrected chi connectivity index (χ2v) is 11.9. The highest BCUT2D eigenvalue weighted by Gasteiger charge is 2.63. The van der Waals surface area contributed by atoms with Crippen molar-refractivity contribution in [3.8, 4) is 0 Å². The molecule has 9 atom stereocenters. The van der Waals surface area contributed by atoms with E-state index in [9.17, 15) is 30.3 Å². The van der Waals surface area contributed by atoms with Crippen molar-refractivity contribution in [3.63, 3.8) is 0 Å². The molecule has 3 aliphatic heterocycles. The van der Waals surface area contributed by atoms with Crippen LogP contribution < -0.4 is 0 Å². The van der Waals surface area contributed by atoms with Crippen LogP contribution in [0.3, 0.4) is 0 Å². The smallest absolute Gasteiger partial charge is 0.305 e. The maximum Gasteiger partial charge on any atom is 0.305 e. The third kappa shape index (κ3) is 10.1. The highest BCUT2D eigenvalue weighted by Crippen LogP contribution is 2.41. The molecule has 0 aromatic carbocycles. The van der Waals surface area contributed by atoms with Gasteiger partial charge in [-0.05, 0) is 6.42 Å². The molecule has 2 bridgehead atoms. The van der Waals surface area contributed by atoms with E-state index in [2.05, 4.69) is 6.92 Å². The summed E-state index contributed by atoms with van der Waals surface area (Å²) in [5, 5.41) is 51.2. The number of esters is 1. The van der Waals surface area contributed by atoms with E-state index in [-0.39, 0.29) is 19.6 Å². The van der Waals surface area contributed by atoms with Gasteiger partial charge in [-0.1, -0.05) is 96.8 Å². The van der Waals surface area contributed by atoms with Crippen molar-refractivity contribution in [1.82, 2.24) is 0 Å². The Morgan fingerprint density at radius 2 is 1.34 bits per heavy atom. The SMILES string of the molecule is CCCCCCCCCCCCCCCCCC(=O)OC[C@H]1O[C@H](O[C@]2(CO)O[C@@H]3CO[C@H]2[C@@H]3O)[C@H](O)[C@@H](O)[C@@H]1O. The minimum Gasteiger partial charge on any atom is -0.463 e. The third-order valence-corrected chi connectivity index (χ3v) is 8.51. The number of aliphatic hydroxyl groups excluding tert-OH is 5. The first-order chi connectivity index (χ1) is 19.8. The zero-order valence-electron chi connectivity index (χ0n) is 24.7. The van der Waals surface area contributed by atoms with Gasteiger partial charge >= 0.3 is 5.97 Å². The quantitative estimate of drug-likeness (QED) is 0.0985. The zero-order chi connectivity index (χ0) is 29.7. The maximum absolute atomic E-state index is 12.3. The molecule has 0 aromatic heterocycles. The summed E-state index contributed by atoms with van der Waals surface area (Å²) in [4.78, 5) is 12.3. The van der Waals surface area contributed by atoms with Crippen LogP contribution in [0.25, 0.3) is 0 Å². The minimum absolute atomic E-state index is 0.129. The molecule has 3 rings (SSSR count). The Morgan fingerprint density at radius 1 is 0.780 bits per heavy atom. The van der Waals surface area contributed by atoms with Crippen LogP contribution in [0.1, 0.15) is 110 Å². The number of hydrogen-bond donors (Lipinski definition) is 5.